The Hall–Kier alpha value is -1.16. The smallest absolute Gasteiger partial charge is 0.0502 e. The van der Waals surface area contributed by atoms with Gasteiger partial charge in [-0.25, -0.2) is 0 Å². The number of thiophene rings is 1. The molecule has 1 aliphatic heterocycles. The maximum atomic E-state index is 6.36. The minimum atomic E-state index is 0.121. The van der Waals surface area contributed by atoms with Crippen LogP contribution >= 0.6 is 11.3 Å². The number of benzene rings is 1. The van der Waals surface area contributed by atoms with E-state index in [4.69, 9.17) is 5.73 Å². The number of hydrogen-bond acceptors (Lipinski definition) is 3. The van der Waals surface area contributed by atoms with Crippen molar-refractivity contribution in [3.05, 3.63) is 57.3 Å². The second-order valence-electron chi connectivity index (χ2n) is 6.18. The van der Waals surface area contributed by atoms with Crippen LogP contribution in [0.25, 0.3) is 0 Å². The third kappa shape index (κ3) is 2.78. The molecule has 3 atom stereocenters. The highest BCUT2D eigenvalue weighted by molar-refractivity contribution is 7.10. The monoisotopic (exact) mass is 300 g/mol. The second kappa shape index (κ2) is 5.91. The van der Waals surface area contributed by atoms with E-state index in [0.717, 1.165) is 13.0 Å². The van der Waals surface area contributed by atoms with Crippen molar-refractivity contribution in [1.82, 2.24) is 4.90 Å². The lowest BCUT2D eigenvalue weighted by Crippen LogP contribution is -2.43. The highest BCUT2D eigenvalue weighted by Gasteiger charge is 2.32. The fourth-order valence-corrected chi connectivity index (χ4v) is 4.43. The van der Waals surface area contributed by atoms with Gasteiger partial charge in [0.25, 0.3) is 0 Å². The van der Waals surface area contributed by atoms with Crippen LogP contribution in [-0.2, 0) is 6.42 Å². The molecule has 112 valence electrons. The average molecular weight is 300 g/mol. The summed E-state index contributed by atoms with van der Waals surface area (Å²) in [6.07, 6.45) is 1.15. The lowest BCUT2D eigenvalue weighted by Gasteiger charge is -2.41. The van der Waals surface area contributed by atoms with Gasteiger partial charge in [0.1, 0.15) is 0 Å². The van der Waals surface area contributed by atoms with Gasteiger partial charge < -0.3 is 5.73 Å². The van der Waals surface area contributed by atoms with Crippen LogP contribution in [0.5, 0.6) is 0 Å². The van der Waals surface area contributed by atoms with Crippen LogP contribution in [0.15, 0.2) is 35.7 Å². The molecule has 1 aromatic heterocycles. The largest absolute Gasteiger partial charge is 0.326 e. The van der Waals surface area contributed by atoms with Gasteiger partial charge in [0.15, 0.2) is 0 Å². The molecule has 1 aromatic carbocycles. The molecule has 0 aliphatic carbocycles. The number of hydrogen-bond donors (Lipinski definition) is 1. The molecule has 21 heavy (non-hydrogen) atoms. The van der Waals surface area contributed by atoms with Crippen molar-refractivity contribution in [1.29, 1.82) is 0 Å². The van der Waals surface area contributed by atoms with E-state index in [0.29, 0.717) is 6.04 Å². The maximum absolute atomic E-state index is 6.36. The highest BCUT2D eigenvalue weighted by atomic mass is 32.1. The lowest BCUT2D eigenvalue weighted by molar-refractivity contribution is 0.119. The molecule has 0 fully saturated rings. The quantitative estimate of drug-likeness (QED) is 0.926. The van der Waals surface area contributed by atoms with Crippen LogP contribution in [0.3, 0.4) is 0 Å². The Morgan fingerprint density at radius 3 is 2.62 bits per heavy atom. The number of nitrogens with two attached hydrogens (primary N) is 1. The first-order valence-corrected chi connectivity index (χ1v) is 8.60. The van der Waals surface area contributed by atoms with Gasteiger partial charge in [0, 0.05) is 23.5 Å². The normalized spacial score (nSPS) is 21.8. The summed E-state index contributed by atoms with van der Waals surface area (Å²) in [5.41, 5.74) is 10.5. The Morgan fingerprint density at radius 2 is 1.95 bits per heavy atom. The number of aryl methyl sites for hydroxylation is 1. The lowest BCUT2D eigenvalue weighted by atomic mass is 9.92. The van der Waals surface area contributed by atoms with Crippen LogP contribution in [0.1, 0.15) is 47.5 Å². The molecular formula is C18H24N2S. The number of nitrogens with zero attached hydrogens (tertiary/aromatic N) is 1. The Labute approximate surface area is 131 Å². The zero-order chi connectivity index (χ0) is 15.0. The molecular weight excluding hydrogens is 276 g/mol. The second-order valence-corrected chi connectivity index (χ2v) is 7.18. The summed E-state index contributed by atoms with van der Waals surface area (Å²) in [7, 11) is 0. The van der Waals surface area contributed by atoms with Crippen molar-refractivity contribution in [3.63, 3.8) is 0 Å². The third-order valence-corrected chi connectivity index (χ3v) is 5.60. The van der Waals surface area contributed by atoms with E-state index >= 15 is 0 Å². The van der Waals surface area contributed by atoms with Gasteiger partial charge in [-0.2, -0.15) is 0 Å². The van der Waals surface area contributed by atoms with E-state index in [9.17, 15) is 0 Å². The zero-order valence-electron chi connectivity index (χ0n) is 13.0. The van der Waals surface area contributed by atoms with E-state index < -0.39 is 0 Å². The molecule has 2 N–H and O–H groups in total. The van der Waals surface area contributed by atoms with Gasteiger partial charge in [-0.1, -0.05) is 29.8 Å². The van der Waals surface area contributed by atoms with Crippen LogP contribution in [0.4, 0.5) is 0 Å². The summed E-state index contributed by atoms with van der Waals surface area (Å²) < 4.78 is 0. The topological polar surface area (TPSA) is 29.3 Å². The van der Waals surface area contributed by atoms with Crippen LogP contribution in [0.2, 0.25) is 0 Å². The average Bonchev–Trinajstić information content (AvgIpc) is 2.93. The Kier molecular flexibility index (Phi) is 4.16. The van der Waals surface area contributed by atoms with Gasteiger partial charge in [-0.3, -0.25) is 4.90 Å². The third-order valence-electron chi connectivity index (χ3n) is 4.60. The van der Waals surface area contributed by atoms with Crippen molar-refractivity contribution in [2.45, 2.75) is 45.3 Å². The molecule has 0 spiro atoms. The van der Waals surface area contributed by atoms with Crippen molar-refractivity contribution in [2.24, 2.45) is 5.73 Å². The van der Waals surface area contributed by atoms with E-state index in [1.54, 1.807) is 4.88 Å². The summed E-state index contributed by atoms with van der Waals surface area (Å²) in [6.45, 7) is 7.66. The summed E-state index contributed by atoms with van der Waals surface area (Å²) in [6, 6.07) is 12.0. The molecule has 0 amide bonds. The molecule has 2 heterocycles. The van der Waals surface area contributed by atoms with Crippen LogP contribution < -0.4 is 5.73 Å². The predicted molar refractivity (Wildman–Crippen MR) is 90.7 cm³/mol. The molecule has 2 nitrogen and oxygen atoms in total. The van der Waals surface area contributed by atoms with E-state index in [-0.39, 0.29) is 12.1 Å². The summed E-state index contributed by atoms with van der Waals surface area (Å²) in [4.78, 5) is 4.12. The van der Waals surface area contributed by atoms with Crippen molar-refractivity contribution in [3.8, 4) is 0 Å². The molecule has 3 unspecified atom stereocenters. The SMILES string of the molecule is Cc1ccc(C(C(C)N)N2CCc3sccc3C2C)cc1. The molecule has 0 radical (unpaired) electrons. The van der Waals surface area contributed by atoms with Gasteiger partial charge >= 0.3 is 0 Å². The van der Waals surface area contributed by atoms with Gasteiger partial charge in [-0.15, -0.1) is 11.3 Å². The number of rotatable bonds is 3. The minimum absolute atomic E-state index is 0.121. The highest BCUT2D eigenvalue weighted by Crippen LogP contribution is 2.38. The fourth-order valence-electron chi connectivity index (χ4n) is 3.47. The molecule has 2 aromatic rings. The molecule has 3 rings (SSSR count). The summed E-state index contributed by atoms with van der Waals surface area (Å²) in [5.74, 6) is 0. The molecule has 0 saturated heterocycles. The van der Waals surface area contributed by atoms with E-state index in [1.807, 2.05) is 11.3 Å². The van der Waals surface area contributed by atoms with E-state index in [1.165, 1.54) is 16.7 Å². The van der Waals surface area contributed by atoms with E-state index in [2.05, 4.69) is 61.4 Å². The van der Waals surface area contributed by atoms with Gasteiger partial charge in [0.05, 0.1) is 6.04 Å². The summed E-state index contributed by atoms with van der Waals surface area (Å²) >= 11 is 1.89. The van der Waals surface area contributed by atoms with Gasteiger partial charge in [0.2, 0.25) is 0 Å². The standard InChI is InChI=1S/C18H24N2S/c1-12-4-6-15(7-5-12)18(13(2)19)20-10-8-17-16(14(20)3)9-11-21-17/h4-7,9,11,13-14,18H,8,10,19H2,1-3H3. The molecule has 3 heteroatoms. The Morgan fingerprint density at radius 1 is 1.24 bits per heavy atom. The van der Waals surface area contributed by atoms with Crippen molar-refractivity contribution in [2.75, 3.05) is 6.54 Å². The first-order valence-electron chi connectivity index (χ1n) is 7.72. The van der Waals surface area contributed by atoms with Crippen LogP contribution in [-0.4, -0.2) is 17.5 Å². The Balaban J connectivity index is 1.93. The molecule has 1 aliphatic rings. The first-order chi connectivity index (χ1) is 10.1. The minimum Gasteiger partial charge on any atom is -0.326 e. The fraction of sp³-hybridized carbons (Fsp3) is 0.444. The maximum Gasteiger partial charge on any atom is 0.0502 e. The predicted octanol–water partition coefficient (Wildman–Crippen LogP) is 4.06. The van der Waals surface area contributed by atoms with Crippen LogP contribution in [0, 0.1) is 6.92 Å². The zero-order valence-corrected chi connectivity index (χ0v) is 13.9. The number of fused-ring (bicyclic) bond motifs is 1. The molecule has 0 saturated carbocycles. The summed E-state index contributed by atoms with van der Waals surface area (Å²) in [5, 5.41) is 2.22. The van der Waals surface area contributed by atoms with Crippen molar-refractivity contribution < 1.29 is 0 Å². The first kappa shape index (κ1) is 14.8. The van der Waals surface area contributed by atoms with Crippen molar-refractivity contribution >= 4 is 11.3 Å². The molecule has 0 bridgehead atoms. The Bertz CT molecular complexity index is 600. The van der Waals surface area contributed by atoms with Gasteiger partial charge in [-0.05, 0) is 49.8 Å².